The van der Waals surface area contributed by atoms with E-state index in [1.165, 1.54) is 44.9 Å². The summed E-state index contributed by atoms with van der Waals surface area (Å²) in [6.45, 7) is 1.22. The Morgan fingerprint density at radius 1 is 0.917 bits per heavy atom. The molecule has 1 aromatic carbocycles. The van der Waals surface area contributed by atoms with Crippen molar-refractivity contribution >= 4 is 17.3 Å². The summed E-state index contributed by atoms with van der Waals surface area (Å²) in [5.74, 6) is 0.758. The molecular weight excluding hydrogens is 300 g/mol. The fraction of sp³-hybridized carbons (Fsp3) is 0.650. The Labute approximate surface area is 145 Å². The van der Waals surface area contributed by atoms with Crippen molar-refractivity contribution in [2.24, 2.45) is 5.92 Å². The first-order valence-electron chi connectivity index (χ1n) is 9.55. The Hall–Kier alpha value is -1.55. The second-order valence-corrected chi connectivity index (χ2v) is 7.23. The zero-order valence-electron chi connectivity index (χ0n) is 14.6. The number of nitrogens with one attached hydrogen (secondary N) is 2. The minimum atomic E-state index is -0.0627. The Bertz CT molecular complexity index is 503. The quantitative estimate of drug-likeness (QED) is 0.769. The SMILES string of the molecule is O=C(COC1CCCCC1)Nc1ccc(NCC2CCCC2)cc1. The first kappa shape index (κ1) is 17.3. The molecule has 0 bridgehead atoms. The largest absolute Gasteiger partial charge is 0.385 e. The van der Waals surface area contributed by atoms with Gasteiger partial charge >= 0.3 is 0 Å². The molecule has 4 nitrogen and oxygen atoms in total. The van der Waals surface area contributed by atoms with Gasteiger partial charge in [0.05, 0.1) is 6.10 Å². The Morgan fingerprint density at radius 2 is 1.54 bits per heavy atom. The maximum absolute atomic E-state index is 12.0. The molecule has 0 atom stereocenters. The summed E-state index contributed by atoms with van der Waals surface area (Å²) < 4.78 is 5.71. The minimum absolute atomic E-state index is 0.0627. The average molecular weight is 330 g/mol. The van der Waals surface area contributed by atoms with E-state index in [1.54, 1.807) is 0 Å². The summed E-state index contributed by atoms with van der Waals surface area (Å²) in [7, 11) is 0. The summed E-state index contributed by atoms with van der Waals surface area (Å²) in [6.07, 6.45) is 11.6. The highest BCUT2D eigenvalue weighted by Gasteiger charge is 2.16. The van der Waals surface area contributed by atoms with Gasteiger partial charge in [0.15, 0.2) is 0 Å². The van der Waals surface area contributed by atoms with Gasteiger partial charge in [-0.25, -0.2) is 0 Å². The van der Waals surface area contributed by atoms with E-state index in [4.69, 9.17) is 4.74 Å². The molecule has 0 heterocycles. The number of carbonyl (C=O) groups excluding carboxylic acids is 1. The summed E-state index contributed by atoms with van der Waals surface area (Å²) in [5, 5.41) is 6.41. The molecule has 1 amide bonds. The second kappa shape index (κ2) is 9.07. The van der Waals surface area contributed by atoms with E-state index in [-0.39, 0.29) is 18.6 Å². The minimum Gasteiger partial charge on any atom is -0.385 e. The molecule has 1 aromatic rings. The lowest BCUT2D eigenvalue weighted by Crippen LogP contribution is -2.24. The molecule has 0 spiro atoms. The predicted octanol–water partition coefficient (Wildman–Crippen LogP) is 4.58. The van der Waals surface area contributed by atoms with E-state index in [0.717, 1.165) is 36.7 Å². The van der Waals surface area contributed by atoms with Gasteiger partial charge in [0.25, 0.3) is 0 Å². The molecule has 3 rings (SSSR count). The summed E-state index contributed by atoms with van der Waals surface area (Å²) in [6, 6.07) is 7.98. The van der Waals surface area contributed by atoms with E-state index >= 15 is 0 Å². The number of hydrogen-bond donors (Lipinski definition) is 2. The van der Waals surface area contributed by atoms with Gasteiger partial charge in [0, 0.05) is 17.9 Å². The van der Waals surface area contributed by atoms with E-state index in [9.17, 15) is 4.79 Å². The van der Waals surface area contributed by atoms with E-state index in [2.05, 4.69) is 10.6 Å². The van der Waals surface area contributed by atoms with Gasteiger partial charge in [-0.15, -0.1) is 0 Å². The van der Waals surface area contributed by atoms with Gasteiger partial charge in [0.1, 0.15) is 6.61 Å². The van der Waals surface area contributed by atoms with E-state index in [0.29, 0.717) is 0 Å². The molecule has 0 unspecified atom stereocenters. The normalized spacial score (nSPS) is 19.3. The maximum Gasteiger partial charge on any atom is 0.250 e. The second-order valence-electron chi connectivity index (χ2n) is 7.23. The van der Waals surface area contributed by atoms with Crippen LogP contribution in [0.25, 0.3) is 0 Å². The molecule has 0 saturated heterocycles. The summed E-state index contributed by atoms with van der Waals surface area (Å²) in [4.78, 5) is 12.0. The van der Waals surface area contributed by atoms with Crippen LogP contribution in [-0.4, -0.2) is 25.2 Å². The number of amides is 1. The molecule has 0 aromatic heterocycles. The van der Waals surface area contributed by atoms with Crippen molar-refractivity contribution in [3.63, 3.8) is 0 Å². The highest BCUT2D eigenvalue weighted by Crippen LogP contribution is 2.25. The van der Waals surface area contributed by atoms with Crippen molar-refractivity contribution in [2.75, 3.05) is 23.8 Å². The van der Waals surface area contributed by atoms with Crippen LogP contribution in [0.2, 0.25) is 0 Å². The van der Waals surface area contributed by atoms with Gasteiger partial charge in [-0.1, -0.05) is 32.1 Å². The van der Waals surface area contributed by atoms with Crippen LogP contribution in [0.5, 0.6) is 0 Å². The fourth-order valence-electron chi connectivity index (χ4n) is 3.77. The average Bonchev–Trinajstić information content (AvgIpc) is 3.14. The standard InChI is InChI=1S/C20H30N2O2/c23-20(15-24-19-8-2-1-3-9-19)22-18-12-10-17(11-13-18)21-14-16-6-4-5-7-16/h10-13,16,19,21H,1-9,14-15H2,(H,22,23). The van der Waals surface area contributed by atoms with Crippen LogP contribution >= 0.6 is 0 Å². The number of benzene rings is 1. The zero-order chi connectivity index (χ0) is 16.6. The van der Waals surface area contributed by atoms with Crippen molar-refractivity contribution in [2.45, 2.75) is 63.9 Å². The molecule has 0 aliphatic heterocycles. The monoisotopic (exact) mass is 330 g/mol. The molecule has 2 aliphatic rings. The fourth-order valence-corrected chi connectivity index (χ4v) is 3.77. The van der Waals surface area contributed by atoms with E-state index in [1.807, 2.05) is 24.3 Å². The van der Waals surface area contributed by atoms with E-state index < -0.39 is 0 Å². The molecule has 2 fully saturated rings. The van der Waals surface area contributed by atoms with Crippen LogP contribution in [0.15, 0.2) is 24.3 Å². The smallest absolute Gasteiger partial charge is 0.250 e. The predicted molar refractivity (Wildman–Crippen MR) is 98.3 cm³/mol. The third-order valence-corrected chi connectivity index (χ3v) is 5.24. The van der Waals surface area contributed by atoms with Crippen molar-refractivity contribution in [1.82, 2.24) is 0 Å². The lowest BCUT2D eigenvalue weighted by atomic mass is 9.98. The summed E-state index contributed by atoms with van der Waals surface area (Å²) >= 11 is 0. The van der Waals surface area contributed by atoms with Crippen LogP contribution < -0.4 is 10.6 Å². The van der Waals surface area contributed by atoms with Crippen molar-refractivity contribution in [3.8, 4) is 0 Å². The number of ether oxygens (including phenoxy) is 1. The third kappa shape index (κ3) is 5.52. The van der Waals surface area contributed by atoms with Crippen LogP contribution in [0.1, 0.15) is 57.8 Å². The van der Waals surface area contributed by atoms with Crippen LogP contribution in [0.4, 0.5) is 11.4 Å². The van der Waals surface area contributed by atoms with Crippen LogP contribution in [0.3, 0.4) is 0 Å². The number of hydrogen-bond acceptors (Lipinski definition) is 3. The molecule has 2 saturated carbocycles. The highest BCUT2D eigenvalue weighted by atomic mass is 16.5. The lowest BCUT2D eigenvalue weighted by Gasteiger charge is -2.21. The van der Waals surface area contributed by atoms with Gasteiger partial charge < -0.3 is 15.4 Å². The number of rotatable bonds is 7. The zero-order valence-corrected chi connectivity index (χ0v) is 14.6. The molecule has 2 aliphatic carbocycles. The van der Waals surface area contributed by atoms with Gasteiger partial charge in [-0.05, 0) is 55.9 Å². The van der Waals surface area contributed by atoms with Crippen molar-refractivity contribution in [3.05, 3.63) is 24.3 Å². The molecule has 2 N–H and O–H groups in total. The highest BCUT2D eigenvalue weighted by molar-refractivity contribution is 5.91. The maximum atomic E-state index is 12.0. The van der Waals surface area contributed by atoms with Crippen molar-refractivity contribution in [1.29, 1.82) is 0 Å². The molecule has 24 heavy (non-hydrogen) atoms. The van der Waals surface area contributed by atoms with Gasteiger partial charge in [-0.3, -0.25) is 4.79 Å². The molecule has 0 radical (unpaired) electrons. The lowest BCUT2D eigenvalue weighted by molar-refractivity contribution is -0.123. The Kier molecular flexibility index (Phi) is 6.53. The van der Waals surface area contributed by atoms with Gasteiger partial charge in [-0.2, -0.15) is 0 Å². The Morgan fingerprint density at radius 3 is 2.25 bits per heavy atom. The Balaban J connectivity index is 1.37. The van der Waals surface area contributed by atoms with Crippen LogP contribution in [-0.2, 0) is 9.53 Å². The molecule has 132 valence electrons. The number of anilines is 2. The first-order chi connectivity index (χ1) is 11.8. The topological polar surface area (TPSA) is 50.4 Å². The summed E-state index contributed by atoms with van der Waals surface area (Å²) in [5.41, 5.74) is 1.96. The molecule has 4 heteroatoms. The van der Waals surface area contributed by atoms with Gasteiger partial charge in [0.2, 0.25) is 5.91 Å². The first-order valence-corrected chi connectivity index (χ1v) is 9.55. The number of carbonyl (C=O) groups is 1. The molecular formula is C20H30N2O2. The van der Waals surface area contributed by atoms with Crippen molar-refractivity contribution < 1.29 is 9.53 Å². The third-order valence-electron chi connectivity index (χ3n) is 5.24. The van der Waals surface area contributed by atoms with Crippen LogP contribution in [0, 0.1) is 5.92 Å².